The van der Waals surface area contributed by atoms with Gasteiger partial charge in [0, 0.05) is 0 Å². The molecule has 0 unspecified atom stereocenters. The lowest BCUT2D eigenvalue weighted by atomic mass is 10.5. The molecule has 0 amide bonds. The Morgan fingerprint density at radius 2 is 2.20 bits per heavy atom. The Kier molecular flexibility index (Phi) is 1.34. The van der Waals surface area contributed by atoms with Crippen molar-refractivity contribution in [3.05, 3.63) is 23.4 Å². The van der Waals surface area contributed by atoms with Crippen molar-refractivity contribution in [3.8, 4) is 0 Å². The van der Waals surface area contributed by atoms with Gasteiger partial charge in [0.05, 0.1) is 8.07 Å². The highest BCUT2D eigenvalue weighted by Gasteiger charge is 2.36. The third kappa shape index (κ3) is 0.806. The molecule has 1 aliphatic carbocycles. The molecular weight excluding hydrogens is 136 g/mol. The molecule has 0 N–H and O–H groups in total. The normalized spacial score (nSPS) is 27.9. The molecule has 1 fully saturated rings. The SMILES string of the molecule is C[Si]1(C2=CCC=C2)CCC1. The zero-order valence-corrected chi connectivity index (χ0v) is 7.56. The van der Waals surface area contributed by atoms with Crippen LogP contribution in [0.4, 0.5) is 0 Å². The topological polar surface area (TPSA) is 0 Å². The number of hydrogen-bond donors (Lipinski definition) is 0. The van der Waals surface area contributed by atoms with Gasteiger partial charge in [-0.3, -0.25) is 0 Å². The largest absolute Gasteiger partial charge is 0.0832 e. The molecule has 1 saturated heterocycles. The zero-order chi connectivity index (χ0) is 7.03. The molecule has 0 spiro atoms. The minimum atomic E-state index is -0.789. The molecule has 1 aliphatic heterocycles. The molecule has 2 aliphatic rings. The van der Waals surface area contributed by atoms with Crippen molar-refractivity contribution in [2.45, 2.75) is 31.5 Å². The van der Waals surface area contributed by atoms with Crippen molar-refractivity contribution in [2.75, 3.05) is 0 Å². The van der Waals surface area contributed by atoms with E-state index < -0.39 is 8.07 Å². The van der Waals surface area contributed by atoms with Crippen LogP contribution in [0.1, 0.15) is 12.8 Å². The van der Waals surface area contributed by atoms with E-state index in [1.807, 2.05) is 0 Å². The quantitative estimate of drug-likeness (QED) is 0.504. The first-order chi connectivity index (χ1) is 4.81. The van der Waals surface area contributed by atoms with Crippen molar-refractivity contribution in [3.63, 3.8) is 0 Å². The highest BCUT2D eigenvalue weighted by atomic mass is 28.3. The monoisotopic (exact) mass is 150 g/mol. The fraction of sp³-hybridized carbons (Fsp3) is 0.556. The lowest BCUT2D eigenvalue weighted by Gasteiger charge is -2.36. The van der Waals surface area contributed by atoms with E-state index in [-0.39, 0.29) is 0 Å². The fourth-order valence-electron chi connectivity index (χ4n) is 1.90. The Morgan fingerprint density at radius 1 is 1.40 bits per heavy atom. The summed E-state index contributed by atoms with van der Waals surface area (Å²) in [7, 11) is -0.789. The van der Waals surface area contributed by atoms with Crippen LogP contribution in [0, 0.1) is 0 Å². The van der Waals surface area contributed by atoms with Crippen LogP contribution in [0.3, 0.4) is 0 Å². The molecule has 1 heterocycles. The summed E-state index contributed by atoms with van der Waals surface area (Å²) in [6, 6.07) is 3.09. The van der Waals surface area contributed by atoms with Gasteiger partial charge in [-0.15, -0.1) is 0 Å². The zero-order valence-electron chi connectivity index (χ0n) is 6.56. The summed E-state index contributed by atoms with van der Waals surface area (Å²) in [5.74, 6) is 0. The summed E-state index contributed by atoms with van der Waals surface area (Å²) in [6.45, 7) is 2.53. The van der Waals surface area contributed by atoms with Gasteiger partial charge in [0.25, 0.3) is 0 Å². The van der Waals surface area contributed by atoms with Gasteiger partial charge in [0.1, 0.15) is 0 Å². The molecule has 0 aromatic rings. The second kappa shape index (κ2) is 2.09. The van der Waals surface area contributed by atoms with Crippen LogP contribution in [0.15, 0.2) is 23.4 Å². The smallest absolute Gasteiger partial charge is 0.0815 e. The molecule has 54 valence electrons. The van der Waals surface area contributed by atoms with Crippen LogP contribution in [-0.4, -0.2) is 8.07 Å². The van der Waals surface area contributed by atoms with E-state index in [4.69, 9.17) is 0 Å². The van der Waals surface area contributed by atoms with Gasteiger partial charge in [-0.1, -0.05) is 48.5 Å². The molecule has 10 heavy (non-hydrogen) atoms. The minimum Gasteiger partial charge on any atom is -0.0815 e. The van der Waals surface area contributed by atoms with E-state index in [1.54, 1.807) is 17.3 Å². The lowest BCUT2D eigenvalue weighted by Crippen LogP contribution is -2.39. The van der Waals surface area contributed by atoms with E-state index in [2.05, 4.69) is 24.8 Å². The van der Waals surface area contributed by atoms with E-state index in [0.29, 0.717) is 0 Å². The van der Waals surface area contributed by atoms with Crippen molar-refractivity contribution in [2.24, 2.45) is 0 Å². The Balaban J connectivity index is 2.17. The Bertz CT molecular complexity index is 197. The maximum Gasteiger partial charge on any atom is 0.0832 e. The van der Waals surface area contributed by atoms with Gasteiger partial charge >= 0.3 is 0 Å². The molecule has 0 atom stereocenters. The molecule has 0 nitrogen and oxygen atoms in total. The number of allylic oxidation sites excluding steroid dienone is 4. The van der Waals surface area contributed by atoms with Crippen molar-refractivity contribution in [1.29, 1.82) is 0 Å². The average molecular weight is 150 g/mol. The highest BCUT2D eigenvalue weighted by molar-refractivity contribution is 6.88. The van der Waals surface area contributed by atoms with Crippen LogP contribution in [0.5, 0.6) is 0 Å². The molecule has 2 rings (SSSR count). The van der Waals surface area contributed by atoms with Gasteiger partial charge in [-0.05, 0) is 6.42 Å². The van der Waals surface area contributed by atoms with Gasteiger partial charge in [0.15, 0.2) is 0 Å². The summed E-state index contributed by atoms with van der Waals surface area (Å²) in [5, 5.41) is 1.73. The third-order valence-electron chi connectivity index (χ3n) is 2.93. The van der Waals surface area contributed by atoms with E-state index in [9.17, 15) is 0 Å². The Morgan fingerprint density at radius 3 is 2.60 bits per heavy atom. The van der Waals surface area contributed by atoms with Gasteiger partial charge in [-0.2, -0.15) is 0 Å². The number of rotatable bonds is 1. The fourth-order valence-corrected chi connectivity index (χ4v) is 5.02. The van der Waals surface area contributed by atoms with Gasteiger partial charge < -0.3 is 0 Å². The van der Waals surface area contributed by atoms with Crippen LogP contribution >= 0.6 is 0 Å². The lowest BCUT2D eigenvalue weighted by molar-refractivity contribution is 0.910. The molecule has 0 radical (unpaired) electrons. The molecule has 0 aromatic heterocycles. The predicted molar refractivity (Wildman–Crippen MR) is 47.7 cm³/mol. The second-order valence-corrected chi connectivity index (χ2v) is 8.41. The maximum atomic E-state index is 2.53. The van der Waals surface area contributed by atoms with Crippen molar-refractivity contribution >= 4 is 8.07 Å². The van der Waals surface area contributed by atoms with Crippen LogP contribution in [-0.2, 0) is 0 Å². The molecule has 1 heteroatoms. The molecular formula is C9H14Si. The summed E-state index contributed by atoms with van der Waals surface area (Å²) in [5.41, 5.74) is 0. The summed E-state index contributed by atoms with van der Waals surface area (Å²) in [4.78, 5) is 0. The molecule has 0 aromatic carbocycles. The molecule has 0 bridgehead atoms. The number of hydrogen-bond acceptors (Lipinski definition) is 0. The first-order valence-corrected chi connectivity index (χ1v) is 7.10. The van der Waals surface area contributed by atoms with Crippen molar-refractivity contribution in [1.82, 2.24) is 0 Å². The average Bonchev–Trinajstić information content (AvgIpc) is 2.33. The van der Waals surface area contributed by atoms with E-state index in [1.165, 1.54) is 12.8 Å². The van der Waals surface area contributed by atoms with E-state index in [0.717, 1.165) is 0 Å². The first kappa shape index (κ1) is 6.41. The van der Waals surface area contributed by atoms with E-state index >= 15 is 0 Å². The van der Waals surface area contributed by atoms with Crippen LogP contribution < -0.4 is 0 Å². The predicted octanol–water partition coefficient (Wildman–Crippen LogP) is 2.89. The van der Waals surface area contributed by atoms with Crippen LogP contribution in [0.25, 0.3) is 0 Å². The molecule has 0 saturated carbocycles. The third-order valence-corrected chi connectivity index (χ3v) is 7.60. The van der Waals surface area contributed by atoms with Crippen molar-refractivity contribution < 1.29 is 0 Å². The summed E-state index contributed by atoms with van der Waals surface area (Å²) in [6.07, 6.45) is 9.80. The highest BCUT2D eigenvalue weighted by Crippen LogP contribution is 2.39. The van der Waals surface area contributed by atoms with Gasteiger partial charge in [0.2, 0.25) is 0 Å². The second-order valence-electron chi connectivity index (χ2n) is 3.71. The Hall–Kier alpha value is -0.303. The minimum absolute atomic E-state index is 0.789. The summed E-state index contributed by atoms with van der Waals surface area (Å²) < 4.78 is 0. The summed E-state index contributed by atoms with van der Waals surface area (Å²) >= 11 is 0. The first-order valence-electron chi connectivity index (χ1n) is 4.18. The maximum absolute atomic E-state index is 2.53. The standard InChI is InChI=1S/C9H14Si/c1-10(7-4-8-10)9-5-2-3-6-9/h2,5-6H,3-4,7-8H2,1H3. The van der Waals surface area contributed by atoms with Crippen LogP contribution in [0.2, 0.25) is 18.6 Å². The Labute approximate surface area is 63.6 Å². The van der Waals surface area contributed by atoms with Gasteiger partial charge in [-0.25, -0.2) is 0 Å².